The van der Waals surface area contributed by atoms with Gasteiger partial charge in [0.05, 0.1) is 17.3 Å². The molecule has 106 valence electrons. The van der Waals surface area contributed by atoms with E-state index in [0.29, 0.717) is 5.88 Å². The largest absolute Gasteiger partial charge is 0.435 e. The van der Waals surface area contributed by atoms with Gasteiger partial charge in [0, 0.05) is 18.2 Å². The Bertz CT molecular complexity index is 739. The van der Waals surface area contributed by atoms with E-state index in [1.165, 1.54) is 30.6 Å². The number of ether oxygens (including phenoxy) is 2. The average Bonchev–Trinajstić information content (AvgIpc) is 3.13. The van der Waals surface area contributed by atoms with Gasteiger partial charge in [0.2, 0.25) is 17.5 Å². The molecule has 1 aromatic carbocycles. The Morgan fingerprint density at radius 1 is 1.00 bits per heavy atom. The lowest BCUT2D eigenvalue weighted by molar-refractivity contribution is -0.385. The molecule has 0 bridgehead atoms. The van der Waals surface area contributed by atoms with Crippen LogP contribution < -0.4 is 9.47 Å². The van der Waals surface area contributed by atoms with Gasteiger partial charge < -0.3 is 9.47 Å². The van der Waals surface area contributed by atoms with E-state index in [2.05, 4.69) is 20.4 Å². The highest BCUT2D eigenvalue weighted by atomic mass is 16.6. The van der Waals surface area contributed by atoms with Crippen molar-refractivity contribution in [3.8, 4) is 23.3 Å². The summed E-state index contributed by atoms with van der Waals surface area (Å²) in [6.07, 6.45) is 2.97. The van der Waals surface area contributed by atoms with Gasteiger partial charge in [-0.25, -0.2) is 10.2 Å². The number of hydrogen-bond acceptors (Lipinski definition) is 6. The molecule has 0 amide bonds. The number of rotatable bonds is 5. The topological polar surface area (TPSA) is 119 Å². The first kappa shape index (κ1) is 12.7. The third-order valence-electron chi connectivity index (χ3n) is 2.54. The summed E-state index contributed by atoms with van der Waals surface area (Å²) in [7, 11) is 0. The van der Waals surface area contributed by atoms with Gasteiger partial charge in [-0.1, -0.05) is 6.07 Å². The van der Waals surface area contributed by atoms with Crippen LogP contribution in [0.15, 0.2) is 42.7 Å². The van der Waals surface area contributed by atoms with Crippen molar-refractivity contribution in [2.45, 2.75) is 0 Å². The van der Waals surface area contributed by atoms with Gasteiger partial charge in [-0.2, -0.15) is 10.2 Å². The van der Waals surface area contributed by atoms with Crippen molar-refractivity contribution < 1.29 is 14.4 Å². The summed E-state index contributed by atoms with van der Waals surface area (Å²) in [4.78, 5) is 10.6. The van der Waals surface area contributed by atoms with Gasteiger partial charge in [0.1, 0.15) is 0 Å². The molecule has 2 N–H and O–H groups in total. The maximum atomic E-state index is 11.1. The van der Waals surface area contributed by atoms with Crippen LogP contribution in [-0.2, 0) is 0 Å². The molecule has 0 radical (unpaired) electrons. The fourth-order valence-corrected chi connectivity index (χ4v) is 1.66. The molecule has 2 heterocycles. The molecule has 0 aliphatic rings. The van der Waals surface area contributed by atoms with Crippen LogP contribution in [0.5, 0.6) is 23.3 Å². The molecule has 21 heavy (non-hydrogen) atoms. The minimum atomic E-state index is -0.550. The highest BCUT2D eigenvalue weighted by Crippen LogP contribution is 2.40. The van der Waals surface area contributed by atoms with Crippen molar-refractivity contribution in [3.63, 3.8) is 0 Å². The zero-order chi connectivity index (χ0) is 14.7. The number of nitro benzene ring substituents is 1. The van der Waals surface area contributed by atoms with Crippen LogP contribution in [0.4, 0.5) is 5.69 Å². The standard InChI is InChI=1S/C12H9N5O4/c18-17(19)8-2-1-3-9(20-10-4-6-13-15-10)12(8)21-11-5-7-14-16-11/h1-7H,(H,13,15)(H,14,16). The monoisotopic (exact) mass is 287 g/mol. The molecular formula is C12H9N5O4. The molecule has 0 atom stereocenters. The third-order valence-corrected chi connectivity index (χ3v) is 2.54. The molecule has 9 heteroatoms. The second kappa shape index (κ2) is 5.33. The minimum Gasteiger partial charge on any atom is -0.435 e. The van der Waals surface area contributed by atoms with Crippen molar-refractivity contribution in [2.75, 3.05) is 0 Å². The van der Waals surface area contributed by atoms with E-state index in [1.54, 1.807) is 12.1 Å². The normalized spacial score (nSPS) is 10.3. The SMILES string of the molecule is O=[N+]([O-])c1cccc(Oc2ccn[nH]2)c1Oc1ccn[nH]1. The smallest absolute Gasteiger partial charge is 0.315 e. The second-order valence-corrected chi connectivity index (χ2v) is 3.91. The Morgan fingerprint density at radius 3 is 2.24 bits per heavy atom. The summed E-state index contributed by atoms with van der Waals surface area (Å²) in [5.41, 5.74) is -0.221. The number of aromatic amines is 2. The van der Waals surface area contributed by atoms with Gasteiger partial charge in [-0.15, -0.1) is 0 Å². The lowest BCUT2D eigenvalue weighted by atomic mass is 10.2. The molecule has 9 nitrogen and oxygen atoms in total. The van der Waals surface area contributed by atoms with Gasteiger partial charge in [0.15, 0.2) is 5.75 Å². The Hall–Kier alpha value is -3.36. The number of hydrogen-bond donors (Lipinski definition) is 2. The summed E-state index contributed by atoms with van der Waals surface area (Å²) in [6, 6.07) is 7.50. The molecule has 0 fully saturated rings. The van der Waals surface area contributed by atoms with Gasteiger partial charge >= 0.3 is 5.69 Å². The minimum absolute atomic E-state index is 0.0265. The number of nitrogens with zero attached hydrogens (tertiary/aromatic N) is 3. The van der Waals surface area contributed by atoms with Crippen LogP contribution in [0.2, 0.25) is 0 Å². The van der Waals surface area contributed by atoms with Crippen molar-refractivity contribution in [1.82, 2.24) is 20.4 Å². The van der Waals surface area contributed by atoms with Crippen LogP contribution in [0, 0.1) is 10.1 Å². The first-order chi connectivity index (χ1) is 10.2. The van der Waals surface area contributed by atoms with Gasteiger partial charge in [-0.3, -0.25) is 10.1 Å². The van der Waals surface area contributed by atoms with Gasteiger partial charge in [-0.05, 0) is 6.07 Å². The van der Waals surface area contributed by atoms with E-state index in [4.69, 9.17) is 9.47 Å². The maximum Gasteiger partial charge on any atom is 0.315 e. The van der Waals surface area contributed by atoms with E-state index in [-0.39, 0.29) is 23.1 Å². The molecule has 0 unspecified atom stereocenters. The first-order valence-electron chi connectivity index (χ1n) is 5.86. The molecule has 3 rings (SSSR count). The fourth-order valence-electron chi connectivity index (χ4n) is 1.66. The van der Waals surface area contributed by atoms with Crippen molar-refractivity contribution in [1.29, 1.82) is 0 Å². The van der Waals surface area contributed by atoms with Crippen LogP contribution in [0.25, 0.3) is 0 Å². The number of H-pyrrole nitrogens is 2. The molecule has 3 aromatic rings. The second-order valence-electron chi connectivity index (χ2n) is 3.91. The lowest BCUT2D eigenvalue weighted by Crippen LogP contribution is -1.97. The van der Waals surface area contributed by atoms with Gasteiger partial charge in [0.25, 0.3) is 0 Å². The molecule has 0 saturated heterocycles. The predicted octanol–water partition coefficient (Wildman–Crippen LogP) is 2.63. The summed E-state index contributed by atoms with van der Waals surface area (Å²) < 4.78 is 11.0. The first-order valence-corrected chi connectivity index (χ1v) is 5.86. The Labute approximate surface area is 117 Å². The average molecular weight is 287 g/mol. The van der Waals surface area contributed by atoms with Crippen LogP contribution in [-0.4, -0.2) is 25.3 Å². The number of benzene rings is 1. The van der Waals surface area contributed by atoms with Crippen molar-refractivity contribution in [2.24, 2.45) is 0 Å². The molecule has 0 saturated carbocycles. The highest BCUT2D eigenvalue weighted by Gasteiger charge is 2.22. The highest BCUT2D eigenvalue weighted by molar-refractivity contribution is 5.57. The number of nitrogens with one attached hydrogen (secondary N) is 2. The number of aromatic nitrogens is 4. The predicted molar refractivity (Wildman–Crippen MR) is 70.4 cm³/mol. The number of nitro groups is 1. The van der Waals surface area contributed by atoms with E-state index in [9.17, 15) is 10.1 Å². The Morgan fingerprint density at radius 2 is 1.67 bits per heavy atom. The third kappa shape index (κ3) is 2.66. The van der Waals surface area contributed by atoms with Crippen LogP contribution in [0.1, 0.15) is 0 Å². The zero-order valence-electron chi connectivity index (χ0n) is 10.5. The van der Waals surface area contributed by atoms with Crippen molar-refractivity contribution >= 4 is 5.69 Å². The Kier molecular flexibility index (Phi) is 3.21. The molecule has 0 aliphatic carbocycles. The summed E-state index contributed by atoms with van der Waals surface area (Å²) in [6.45, 7) is 0. The quantitative estimate of drug-likeness (QED) is 0.550. The van der Waals surface area contributed by atoms with E-state index in [1.807, 2.05) is 0 Å². The molecule has 0 spiro atoms. The Balaban J connectivity index is 2.01. The van der Waals surface area contributed by atoms with Crippen molar-refractivity contribution in [3.05, 3.63) is 52.8 Å². The van der Waals surface area contributed by atoms with E-state index in [0.717, 1.165) is 0 Å². The van der Waals surface area contributed by atoms with Crippen LogP contribution >= 0.6 is 0 Å². The molecule has 2 aromatic heterocycles. The molecule has 0 aliphatic heterocycles. The zero-order valence-corrected chi connectivity index (χ0v) is 10.5. The maximum absolute atomic E-state index is 11.1. The number of para-hydroxylation sites is 1. The molecular weight excluding hydrogens is 278 g/mol. The summed E-state index contributed by atoms with van der Waals surface area (Å²) in [5, 5.41) is 23.8. The van der Waals surface area contributed by atoms with E-state index >= 15 is 0 Å². The van der Waals surface area contributed by atoms with Crippen LogP contribution in [0.3, 0.4) is 0 Å². The fraction of sp³-hybridized carbons (Fsp3) is 0. The summed E-state index contributed by atoms with van der Waals surface area (Å²) >= 11 is 0. The lowest BCUT2D eigenvalue weighted by Gasteiger charge is -2.09. The van der Waals surface area contributed by atoms with E-state index < -0.39 is 4.92 Å². The summed E-state index contributed by atoms with van der Waals surface area (Å²) in [5.74, 6) is 0.758.